The molecule has 3 nitrogen and oxygen atoms in total. The van der Waals surface area contributed by atoms with Crippen molar-refractivity contribution in [2.24, 2.45) is 0 Å². The number of aliphatic hydroxyl groups is 1. The highest BCUT2D eigenvalue weighted by Crippen LogP contribution is 2.34. The fourth-order valence-electron chi connectivity index (χ4n) is 1.25. The summed E-state index contributed by atoms with van der Waals surface area (Å²) in [6.07, 6.45) is 0.0156. The summed E-state index contributed by atoms with van der Waals surface area (Å²) in [4.78, 5) is 0. The van der Waals surface area contributed by atoms with Crippen LogP contribution in [0.5, 0.6) is 11.5 Å². The van der Waals surface area contributed by atoms with E-state index < -0.39 is 6.10 Å². The van der Waals surface area contributed by atoms with E-state index in [0.29, 0.717) is 17.7 Å². The molecular formula is C10H14O3. The van der Waals surface area contributed by atoms with Gasteiger partial charge < -0.3 is 14.9 Å². The molecule has 72 valence electrons. The first-order valence-corrected chi connectivity index (χ1v) is 4.24. The average molecular weight is 182 g/mol. The summed E-state index contributed by atoms with van der Waals surface area (Å²) >= 11 is 0. The van der Waals surface area contributed by atoms with E-state index in [9.17, 15) is 10.2 Å². The fraction of sp³-hybridized carbons (Fsp3) is 0.400. The van der Waals surface area contributed by atoms with Crippen LogP contribution in [0.4, 0.5) is 0 Å². The number of ether oxygens (including phenoxy) is 1. The van der Waals surface area contributed by atoms with Crippen molar-refractivity contribution < 1.29 is 14.9 Å². The van der Waals surface area contributed by atoms with Gasteiger partial charge in [-0.15, -0.1) is 0 Å². The molecule has 0 heterocycles. The number of hydrogen-bond acceptors (Lipinski definition) is 3. The Bertz CT molecular complexity index is 283. The third-order valence-corrected chi connectivity index (χ3v) is 1.97. The summed E-state index contributed by atoms with van der Waals surface area (Å²) in [7, 11) is 1.47. The van der Waals surface area contributed by atoms with Gasteiger partial charge in [0.15, 0.2) is 11.5 Å². The van der Waals surface area contributed by atoms with E-state index >= 15 is 0 Å². The average Bonchev–Trinajstić information content (AvgIpc) is 2.16. The van der Waals surface area contributed by atoms with Crippen LogP contribution < -0.4 is 4.74 Å². The predicted molar refractivity (Wildman–Crippen MR) is 49.9 cm³/mol. The number of aromatic hydroxyl groups is 1. The third kappa shape index (κ3) is 1.92. The molecule has 1 unspecified atom stereocenters. The molecule has 0 aliphatic heterocycles. The summed E-state index contributed by atoms with van der Waals surface area (Å²) in [5.74, 6) is 0.421. The maximum absolute atomic E-state index is 9.57. The second-order valence-electron chi connectivity index (χ2n) is 2.82. The Morgan fingerprint density at radius 2 is 2.15 bits per heavy atom. The van der Waals surface area contributed by atoms with Gasteiger partial charge in [0.05, 0.1) is 13.2 Å². The molecule has 1 aromatic rings. The first-order valence-electron chi connectivity index (χ1n) is 4.24. The molecule has 0 bridgehead atoms. The molecule has 1 atom stereocenters. The molecule has 1 aromatic carbocycles. The summed E-state index contributed by atoms with van der Waals surface area (Å²) in [5, 5.41) is 19.0. The van der Waals surface area contributed by atoms with Crippen molar-refractivity contribution in [1.82, 2.24) is 0 Å². The lowest BCUT2D eigenvalue weighted by molar-refractivity contribution is 0.168. The van der Waals surface area contributed by atoms with Crippen molar-refractivity contribution in [3.8, 4) is 11.5 Å². The van der Waals surface area contributed by atoms with Crippen molar-refractivity contribution in [3.63, 3.8) is 0 Å². The molecule has 0 spiro atoms. The lowest BCUT2D eigenvalue weighted by Gasteiger charge is -2.13. The Labute approximate surface area is 77.6 Å². The van der Waals surface area contributed by atoms with Crippen LogP contribution in [-0.2, 0) is 0 Å². The zero-order valence-electron chi connectivity index (χ0n) is 7.82. The topological polar surface area (TPSA) is 49.7 Å². The van der Waals surface area contributed by atoms with Crippen LogP contribution >= 0.6 is 0 Å². The number of benzene rings is 1. The van der Waals surface area contributed by atoms with Gasteiger partial charge >= 0.3 is 0 Å². The van der Waals surface area contributed by atoms with E-state index in [-0.39, 0.29) is 5.75 Å². The Morgan fingerprint density at radius 1 is 1.46 bits per heavy atom. The Morgan fingerprint density at radius 3 is 2.69 bits per heavy atom. The van der Waals surface area contributed by atoms with Gasteiger partial charge in [-0.3, -0.25) is 0 Å². The van der Waals surface area contributed by atoms with E-state index in [2.05, 4.69) is 0 Å². The Balaban J connectivity index is 3.12. The lowest BCUT2D eigenvalue weighted by Crippen LogP contribution is -1.98. The number of methoxy groups -OCH3 is 1. The molecule has 0 aliphatic carbocycles. The van der Waals surface area contributed by atoms with Crippen molar-refractivity contribution in [2.75, 3.05) is 7.11 Å². The lowest BCUT2D eigenvalue weighted by atomic mass is 10.1. The highest BCUT2D eigenvalue weighted by Gasteiger charge is 2.13. The number of rotatable bonds is 3. The standard InChI is InChI=1S/C10H14O3/c1-3-8(11)7-5-4-6-9(12)10(7)13-2/h4-6,8,11-12H,3H2,1-2H3. The van der Waals surface area contributed by atoms with Crippen LogP contribution in [0.15, 0.2) is 18.2 Å². The van der Waals surface area contributed by atoms with Crippen molar-refractivity contribution in [2.45, 2.75) is 19.4 Å². The molecule has 1 rings (SSSR count). The molecule has 2 N–H and O–H groups in total. The van der Waals surface area contributed by atoms with Crippen molar-refractivity contribution in [1.29, 1.82) is 0 Å². The Hall–Kier alpha value is -1.22. The van der Waals surface area contributed by atoms with E-state index in [1.165, 1.54) is 13.2 Å². The minimum Gasteiger partial charge on any atom is -0.504 e. The smallest absolute Gasteiger partial charge is 0.166 e. The summed E-state index contributed by atoms with van der Waals surface area (Å²) in [6.45, 7) is 1.87. The van der Waals surface area contributed by atoms with Crippen LogP contribution in [-0.4, -0.2) is 17.3 Å². The van der Waals surface area contributed by atoms with Crippen LogP contribution in [0.1, 0.15) is 25.0 Å². The summed E-state index contributed by atoms with van der Waals surface area (Å²) in [5.41, 5.74) is 0.630. The van der Waals surface area contributed by atoms with Crippen LogP contribution in [0.2, 0.25) is 0 Å². The minimum absolute atomic E-state index is 0.0625. The second-order valence-corrected chi connectivity index (χ2v) is 2.82. The van der Waals surface area contributed by atoms with Gasteiger partial charge in [0.2, 0.25) is 0 Å². The zero-order chi connectivity index (χ0) is 9.84. The molecule has 13 heavy (non-hydrogen) atoms. The largest absolute Gasteiger partial charge is 0.504 e. The molecule has 0 saturated heterocycles. The minimum atomic E-state index is -0.581. The van der Waals surface area contributed by atoms with Crippen LogP contribution in [0.3, 0.4) is 0 Å². The molecule has 0 aliphatic rings. The van der Waals surface area contributed by atoms with E-state index in [0.717, 1.165) is 0 Å². The molecule has 0 amide bonds. The van der Waals surface area contributed by atoms with Gasteiger partial charge in [-0.2, -0.15) is 0 Å². The van der Waals surface area contributed by atoms with Gasteiger partial charge in [-0.1, -0.05) is 19.1 Å². The highest BCUT2D eigenvalue weighted by atomic mass is 16.5. The third-order valence-electron chi connectivity index (χ3n) is 1.97. The first-order chi connectivity index (χ1) is 6.20. The second kappa shape index (κ2) is 4.14. The van der Waals surface area contributed by atoms with Crippen LogP contribution in [0, 0.1) is 0 Å². The van der Waals surface area contributed by atoms with Crippen molar-refractivity contribution >= 4 is 0 Å². The SMILES string of the molecule is CCC(O)c1cccc(O)c1OC. The molecule has 3 heteroatoms. The van der Waals surface area contributed by atoms with Crippen LogP contribution in [0.25, 0.3) is 0 Å². The number of para-hydroxylation sites is 1. The zero-order valence-corrected chi connectivity index (χ0v) is 7.82. The molecule has 0 fully saturated rings. The quantitative estimate of drug-likeness (QED) is 0.750. The Kier molecular flexibility index (Phi) is 3.14. The van der Waals surface area contributed by atoms with E-state index in [1.807, 2.05) is 6.92 Å². The van der Waals surface area contributed by atoms with Gasteiger partial charge in [0.1, 0.15) is 0 Å². The van der Waals surface area contributed by atoms with E-state index in [4.69, 9.17) is 4.74 Å². The monoisotopic (exact) mass is 182 g/mol. The van der Waals surface area contributed by atoms with Gasteiger partial charge in [0.25, 0.3) is 0 Å². The fourth-order valence-corrected chi connectivity index (χ4v) is 1.25. The summed E-state index contributed by atoms with van der Waals surface area (Å²) < 4.78 is 4.99. The maximum atomic E-state index is 9.57. The van der Waals surface area contributed by atoms with Gasteiger partial charge in [-0.05, 0) is 12.5 Å². The predicted octanol–water partition coefficient (Wildman–Crippen LogP) is 1.84. The maximum Gasteiger partial charge on any atom is 0.166 e. The normalized spacial score (nSPS) is 12.5. The highest BCUT2D eigenvalue weighted by molar-refractivity contribution is 5.46. The molecular weight excluding hydrogens is 168 g/mol. The van der Waals surface area contributed by atoms with Gasteiger partial charge in [-0.25, -0.2) is 0 Å². The first kappa shape index (κ1) is 9.86. The molecule has 0 saturated carbocycles. The number of aliphatic hydroxyl groups excluding tert-OH is 1. The van der Waals surface area contributed by atoms with Crippen molar-refractivity contribution in [3.05, 3.63) is 23.8 Å². The molecule has 0 radical (unpaired) electrons. The number of phenols is 1. The number of phenolic OH excluding ortho intramolecular Hbond substituents is 1. The summed E-state index contributed by atoms with van der Waals surface area (Å²) in [6, 6.07) is 4.96. The van der Waals surface area contributed by atoms with Gasteiger partial charge in [0, 0.05) is 5.56 Å². The van der Waals surface area contributed by atoms with E-state index in [1.54, 1.807) is 12.1 Å². The number of hydrogen-bond donors (Lipinski definition) is 2. The molecule has 0 aromatic heterocycles.